The molecule has 22 heavy (non-hydrogen) atoms. The average Bonchev–Trinajstić information content (AvgIpc) is 2.90. The lowest BCUT2D eigenvalue weighted by Crippen LogP contribution is -2.06. The van der Waals surface area contributed by atoms with Crippen molar-refractivity contribution in [2.45, 2.75) is 13.1 Å². The maximum Gasteiger partial charge on any atom is 0.416 e. The van der Waals surface area contributed by atoms with E-state index in [1.165, 1.54) is 0 Å². The van der Waals surface area contributed by atoms with E-state index in [1.807, 2.05) is 0 Å². The van der Waals surface area contributed by atoms with E-state index in [-0.39, 0.29) is 29.2 Å². The molecule has 0 unspecified atom stereocenters. The quantitative estimate of drug-likeness (QED) is 0.812. The van der Waals surface area contributed by atoms with Crippen molar-refractivity contribution in [2.75, 3.05) is 6.61 Å². The van der Waals surface area contributed by atoms with E-state index in [0.29, 0.717) is 0 Å². The third-order valence-corrected chi connectivity index (χ3v) is 2.75. The van der Waals surface area contributed by atoms with E-state index in [9.17, 15) is 18.0 Å². The summed E-state index contributed by atoms with van der Waals surface area (Å²) in [5.41, 5.74) is -1.12. The lowest BCUT2D eigenvalue weighted by molar-refractivity contribution is -0.137. The summed E-state index contributed by atoms with van der Waals surface area (Å²) in [5.74, 6) is -0.916. The molecule has 0 aliphatic carbocycles. The molecular formula is C14H9F3N2O3. The Morgan fingerprint density at radius 2 is 2.00 bits per heavy atom. The highest BCUT2D eigenvalue weighted by atomic mass is 19.4. The van der Waals surface area contributed by atoms with Crippen LogP contribution in [0.15, 0.2) is 28.8 Å². The monoisotopic (exact) mass is 310 g/mol. The van der Waals surface area contributed by atoms with Crippen LogP contribution >= 0.6 is 0 Å². The topological polar surface area (TPSA) is 76.1 Å². The highest BCUT2D eigenvalue weighted by Crippen LogP contribution is 2.32. The maximum absolute atomic E-state index is 12.5. The predicted molar refractivity (Wildman–Crippen MR) is 67.6 cm³/mol. The number of rotatable bonds is 3. The minimum Gasteiger partial charge on any atom is -0.461 e. The van der Waals surface area contributed by atoms with E-state index < -0.39 is 17.7 Å². The molecule has 0 bridgehead atoms. The third-order valence-electron chi connectivity index (χ3n) is 2.75. The van der Waals surface area contributed by atoms with Gasteiger partial charge in [-0.3, -0.25) is 0 Å². The summed E-state index contributed by atoms with van der Waals surface area (Å²) < 4.78 is 47.2. The van der Waals surface area contributed by atoms with Crippen LogP contribution in [0.1, 0.15) is 28.5 Å². The summed E-state index contributed by atoms with van der Waals surface area (Å²) in [6.07, 6.45) is -4.46. The van der Waals surface area contributed by atoms with Crippen LogP contribution in [0.3, 0.4) is 0 Å². The summed E-state index contributed by atoms with van der Waals surface area (Å²) in [6.45, 7) is 1.67. The van der Waals surface area contributed by atoms with Crippen LogP contribution in [-0.2, 0) is 10.9 Å². The van der Waals surface area contributed by atoms with Crippen LogP contribution in [0, 0.1) is 11.3 Å². The molecule has 2 aromatic rings. The van der Waals surface area contributed by atoms with Crippen molar-refractivity contribution in [1.82, 2.24) is 5.16 Å². The Bertz CT molecular complexity index is 727. The van der Waals surface area contributed by atoms with Gasteiger partial charge in [0.2, 0.25) is 5.69 Å². The molecule has 114 valence electrons. The van der Waals surface area contributed by atoms with E-state index in [4.69, 9.17) is 14.5 Å². The number of carbonyl (C=O) groups is 1. The zero-order chi connectivity index (χ0) is 16.3. The Balaban J connectivity index is 2.42. The standard InChI is InChI=1S/C14H9F3N2O3/c1-2-21-13(20)11-10(7-18)12(22-19-11)8-3-5-9(6-4-8)14(15,16)17/h3-6H,2H2,1H3. The summed E-state index contributed by atoms with van der Waals surface area (Å²) in [5, 5.41) is 12.6. The van der Waals surface area contributed by atoms with Crippen molar-refractivity contribution in [3.63, 3.8) is 0 Å². The number of alkyl halides is 3. The highest BCUT2D eigenvalue weighted by molar-refractivity contribution is 5.92. The van der Waals surface area contributed by atoms with Crippen molar-refractivity contribution in [1.29, 1.82) is 5.26 Å². The first-order valence-corrected chi connectivity index (χ1v) is 6.13. The number of carbonyl (C=O) groups excluding carboxylic acids is 1. The van der Waals surface area contributed by atoms with Gasteiger partial charge < -0.3 is 9.26 Å². The smallest absolute Gasteiger partial charge is 0.416 e. The Morgan fingerprint density at radius 1 is 1.36 bits per heavy atom. The second-order valence-corrected chi connectivity index (χ2v) is 4.14. The van der Waals surface area contributed by atoms with Gasteiger partial charge in [-0.25, -0.2) is 4.79 Å². The van der Waals surface area contributed by atoms with E-state index in [0.717, 1.165) is 24.3 Å². The van der Waals surface area contributed by atoms with Crippen LogP contribution in [0.2, 0.25) is 0 Å². The molecule has 8 heteroatoms. The van der Waals surface area contributed by atoms with Crippen molar-refractivity contribution >= 4 is 5.97 Å². The molecule has 0 spiro atoms. The van der Waals surface area contributed by atoms with Crippen molar-refractivity contribution in [2.24, 2.45) is 0 Å². The molecule has 0 radical (unpaired) electrons. The first-order valence-electron chi connectivity index (χ1n) is 6.13. The number of hydrogen-bond acceptors (Lipinski definition) is 5. The van der Waals surface area contributed by atoms with Gasteiger partial charge >= 0.3 is 12.1 Å². The van der Waals surface area contributed by atoms with Gasteiger partial charge in [0.25, 0.3) is 0 Å². The first-order chi connectivity index (χ1) is 10.4. The van der Waals surface area contributed by atoms with Gasteiger partial charge in [0.1, 0.15) is 11.6 Å². The van der Waals surface area contributed by atoms with Crippen LogP contribution in [0.5, 0.6) is 0 Å². The zero-order valence-corrected chi connectivity index (χ0v) is 11.3. The first kappa shape index (κ1) is 15.6. The Morgan fingerprint density at radius 3 is 2.50 bits per heavy atom. The van der Waals surface area contributed by atoms with Crippen molar-refractivity contribution in [3.05, 3.63) is 41.1 Å². The van der Waals surface area contributed by atoms with Crippen LogP contribution in [0.25, 0.3) is 11.3 Å². The predicted octanol–water partition coefficient (Wildman–Crippen LogP) is 3.41. The van der Waals surface area contributed by atoms with E-state index in [1.54, 1.807) is 13.0 Å². The number of aromatic nitrogens is 1. The van der Waals surface area contributed by atoms with Crippen LogP contribution < -0.4 is 0 Å². The largest absolute Gasteiger partial charge is 0.461 e. The summed E-state index contributed by atoms with van der Waals surface area (Å²) in [6, 6.07) is 5.72. The molecule has 5 nitrogen and oxygen atoms in total. The van der Waals surface area contributed by atoms with E-state index >= 15 is 0 Å². The molecule has 0 saturated carbocycles. The minimum absolute atomic E-state index is 0.0840. The zero-order valence-electron chi connectivity index (χ0n) is 11.3. The van der Waals surface area contributed by atoms with Gasteiger partial charge in [-0.05, 0) is 19.1 Å². The highest BCUT2D eigenvalue weighted by Gasteiger charge is 2.30. The second-order valence-electron chi connectivity index (χ2n) is 4.14. The maximum atomic E-state index is 12.5. The molecule has 0 aliphatic rings. The van der Waals surface area contributed by atoms with Gasteiger partial charge in [-0.15, -0.1) is 0 Å². The molecule has 0 aliphatic heterocycles. The normalized spacial score (nSPS) is 11.0. The molecular weight excluding hydrogens is 301 g/mol. The minimum atomic E-state index is -4.46. The van der Waals surface area contributed by atoms with Gasteiger partial charge in [0, 0.05) is 5.56 Å². The van der Waals surface area contributed by atoms with Crippen LogP contribution in [-0.4, -0.2) is 17.7 Å². The fourth-order valence-electron chi connectivity index (χ4n) is 1.74. The van der Waals surface area contributed by atoms with Gasteiger partial charge in [-0.1, -0.05) is 17.3 Å². The van der Waals surface area contributed by atoms with Crippen LogP contribution in [0.4, 0.5) is 13.2 Å². The van der Waals surface area contributed by atoms with Crippen molar-refractivity contribution in [3.8, 4) is 17.4 Å². The number of benzene rings is 1. The van der Waals surface area contributed by atoms with Gasteiger partial charge in [0.15, 0.2) is 5.76 Å². The van der Waals surface area contributed by atoms with E-state index in [2.05, 4.69) is 5.16 Å². The Hall–Kier alpha value is -2.82. The molecule has 0 fully saturated rings. The fourth-order valence-corrected chi connectivity index (χ4v) is 1.74. The third kappa shape index (κ3) is 2.93. The van der Waals surface area contributed by atoms with Crippen molar-refractivity contribution < 1.29 is 27.2 Å². The summed E-state index contributed by atoms with van der Waals surface area (Å²) in [4.78, 5) is 11.6. The molecule has 0 saturated heterocycles. The Kier molecular flexibility index (Phi) is 4.17. The fraction of sp³-hybridized carbons (Fsp3) is 0.214. The molecule has 0 atom stereocenters. The number of halogens is 3. The molecule has 1 aromatic heterocycles. The number of esters is 1. The van der Waals surface area contributed by atoms with Gasteiger partial charge in [0.05, 0.1) is 12.2 Å². The molecule has 1 heterocycles. The lowest BCUT2D eigenvalue weighted by Gasteiger charge is -2.06. The second kappa shape index (κ2) is 5.89. The summed E-state index contributed by atoms with van der Waals surface area (Å²) >= 11 is 0. The van der Waals surface area contributed by atoms with Gasteiger partial charge in [-0.2, -0.15) is 18.4 Å². The number of nitrogens with zero attached hydrogens (tertiary/aromatic N) is 2. The number of hydrogen-bond donors (Lipinski definition) is 0. The number of ether oxygens (including phenoxy) is 1. The SMILES string of the molecule is CCOC(=O)c1noc(-c2ccc(C(F)(F)F)cc2)c1C#N. The molecule has 2 rings (SSSR count). The molecule has 1 aromatic carbocycles. The summed E-state index contributed by atoms with van der Waals surface area (Å²) in [7, 11) is 0. The Labute approximate surface area is 122 Å². The average molecular weight is 310 g/mol. The molecule has 0 N–H and O–H groups in total. The lowest BCUT2D eigenvalue weighted by atomic mass is 10.1. The molecule has 0 amide bonds. The number of nitriles is 1.